The number of methoxy groups -OCH3 is 1. The monoisotopic (exact) mass is 424 g/mol. The van der Waals surface area contributed by atoms with Crippen molar-refractivity contribution in [1.82, 2.24) is 19.9 Å². The number of ether oxygens (including phenoxy) is 2. The van der Waals surface area contributed by atoms with E-state index in [1.165, 1.54) is 25.4 Å². The number of rotatable bonds is 8. The molecule has 0 aliphatic rings. The maximum atomic E-state index is 13.0. The molecule has 0 atom stereocenters. The van der Waals surface area contributed by atoms with Gasteiger partial charge >= 0.3 is 12.2 Å². The van der Waals surface area contributed by atoms with Gasteiger partial charge in [-0.2, -0.15) is 28.1 Å². The molecule has 30 heavy (non-hydrogen) atoms. The van der Waals surface area contributed by atoms with E-state index in [1.807, 2.05) is 0 Å². The van der Waals surface area contributed by atoms with Crippen LogP contribution < -0.4 is 20.1 Å². The van der Waals surface area contributed by atoms with E-state index in [2.05, 4.69) is 35.3 Å². The first kappa shape index (κ1) is 21.0. The van der Waals surface area contributed by atoms with E-state index in [-0.39, 0.29) is 24.3 Å². The highest BCUT2D eigenvalue weighted by Gasteiger charge is 2.29. The second-order valence-electron chi connectivity index (χ2n) is 5.86. The molecule has 0 saturated heterocycles. The Bertz CT molecular complexity index is 985. The summed E-state index contributed by atoms with van der Waals surface area (Å²) in [5.41, 5.74) is 1.20. The molecule has 2 aromatic heterocycles. The third kappa shape index (κ3) is 6.43. The first-order valence-corrected chi connectivity index (χ1v) is 8.52. The van der Waals surface area contributed by atoms with E-state index < -0.39 is 18.8 Å². The van der Waals surface area contributed by atoms with Gasteiger partial charge in [-0.15, -0.1) is 0 Å². The molecule has 0 unspecified atom stereocenters. The van der Waals surface area contributed by atoms with Gasteiger partial charge in [0.05, 0.1) is 7.11 Å². The number of nitrogens with zero attached hydrogens (tertiary/aromatic N) is 4. The van der Waals surface area contributed by atoms with Crippen molar-refractivity contribution in [3.05, 3.63) is 54.0 Å². The van der Waals surface area contributed by atoms with E-state index in [9.17, 15) is 17.6 Å². The van der Waals surface area contributed by atoms with Crippen molar-refractivity contribution >= 4 is 17.6 Å². The molecule has 3 aromatic rings. The van der Waals surface area contributed by atoms with Crippen molar-refractivity contribution in [2.24, 2.45) is 0 Å². The number of halogens is 4. The molecule has 1 aromatic carbocycles. The van der Waals surface area contributed by atoms with Crippen LogP contribution in [0.5, 0.6) is 11.9 Å². The number of hydrogen-bond donors (Lipinski definition) is 2. The molecule has 0 fully saturated rings. The molecule has 2 N–H and O–H groups in total. The number of alkyl halides is 3. The van der Waals surface area contributed by atoms with Gasteiger partial charge in [0, 0.05) is 24.5 Å². The number of nitrogens with one attached hydrogen (secondary N) is 2. The largest absolute Gasteiger partial charge is 0.481 e. The SMILES string of the molecule is COc1cc(Nc2nc(NCc3ccc(F)cc3)nc(OCC(F)(F)F)n2)ccn1. The van der Waals surface area contributed by atoms with Crippen LogP contribution in [-0.4, -0.2) is 39.8 Å². The zero-order valence-corrected chi connectivity index (χ0v) is 15.6. The van der Waals surface area contributed by atoms with E-state index in [0.717, 1.165) is 0 Å². The summed E-state index contributed by atoms with van der Waals surface area (Å²) in [5.74, 6) is -0.162. The minimum atomic E-state index is -4.56. The summed E-state index contributed by atoms with van der Waals surface area (Å²) < 4.78 is 60.2. The molecule has 158 valence electrons. The van der Waals surface area contributed by atoms with E-state index in [0.29, 0.717) is 17.1 Å². The van der Waals surface area contributed by atoms with Gasteiger partial charge in [0.25, 0.3) is 0 Å². The van der Waals surface area contributed by atoms with Crippen LogP contribution in [0, 0.1) is 5.82 Å². The molecule has 0 saturated carbocycles. The Balaban J connectivity index is 1.80. The molecular weight excluding hydrogens is 408 g/mol. The van der Waals surface area contributed by atoms with Crippen molar-refractivity contribution in [1.29, 1.82) is 0 Å². The quantitative estimate of drug-likeness (QED) is 0.529. The Morgan fingerprint density at radius 2 is 1.73 bits per heavy atom. The number of aromatic nitrogens is 4. The van der Waals surface area contributed by atoms with Gasteiger partial charge in [-0.25, -0.2) is 9.37 Å². The number of hydrogen-bond acceptors (Lipinski definition) is 8. The molecule has 0 aliphatic heterocycles. The molecule has 0 aliphatic carbocycles. The van der Waals surface area contributed by atoms with Gasteiger partial charge < -0.3 is 20.1 Å². The minimum Gasteiger partial charge on any atom is -0.481 e. The van der Waals surface area contributed by atoms with Gasteiger partial charge in [0.1, 0.15) is 5.82 Å². The molecule has 12 heteroatoms. The highest BCUT2D eigenvalue weighted by atomic mass is 19.4. The summed E-state index contributed by atoms with van der Waals surface area (Å²) >= 11 is 0. The van der Waals surface area contributed by atoms with Crippen molar-refractivity contribution < 1.29 is 27.0 Å². The topological polar surface area (TPSA) is 94.1 Å². The lowest BCUT2D eigenvalue weighted by Crippen LogP contribution is -2.21. The first-order valence-electron chi connectivity index (χ1n) is 8.52. The van der Waals surface area contributed by atoms with Gasteiger partial charge in [0.2, 0.25) is 17.8 Å². The zero-order valence-electron chi connectivity index (χ0n) is 15.6. The molecule has 0 amide bonds. The summed E-state index contributed by atoms with van der Waals surface area (Å²) in [6.07, 6.45) is -3.09. The van der Waals surface area contributed by atoms with Gasteiger partial charge in [-0.05, 0) is 23.8 Å². The van der Waals surface area contributed by atoms with Crippen LogP contribution in [0.3, 0.4) is 0 Å². The molecule has 0 radical (unpaired) electrons. The van der Waals surface area contributed by atoms with E-state index >= 15 is 0 Å². The lowest BCUT2D eigenvalue weighted by molar-refractivity contribution is -0.154. The van der Waals surface area contributed by atoms with E-state index in [1.54, 1.807) is 24.3 Å². The standard InChI is InChI=1S/C18H16F4N6O2/c1-29-14-8-13(6-7-23-14)25-16-26-15(24-9-11-2-4-12(19)5-3-11)27-17(28-16)30-10-18(20,21)22/h2-8H,9-10H2,1H3,(H2,23,24,25,26,27,28). The van der Waals surface area contributed by atoms with Crippen LogP contribution >= 0.6 is 0 Å². The number of benzene rings is 1. The molecule has 3 rings (SSSR count). The summed E-state index contributed by atoms with van der Waals surface area (Å²) in [6, 6.07) is 8.28. The Morgan fingerprint density at radius 3 is 2.43 bits per heavy atom. The average Bonchev–Trinajstić information content (AvgIpc) is 2.71. The predicted octanol–water partition coefficient (Wildman–Crippen LogP) is 3.71. The van der Waals surface area contributed by atoms with Crippen molar-refractivity contribution in [3.8, 4) is 11.9 Å². The second-order valence-corrected chi connectivity index (χ2v) is 5.86. The highest BCUT2D eigenvalue weighted by Crippen LogP contribution is 2.21. The van der Waals surface area contributed by atoms with Crippen LogP contribution in [-0.2, 0) is 6.54 Å². The molecule has 0 spiro atoms. The highest BCUT2D eigenvalue weighted by molar-refractivity contribution is 5.55. The predicted molar refractivity (Wildman–Crippen MR) is 99.2 cm³/mol. The summed E-state index contributed by atoms with van der Waals surface area (Å²) in [4.78, 5) is 15.8. The van der Waals surface area contributed by atoms with Crippen LogP contribution in [0.25, 0.3) is 0 Å². The fourth-order valence-corrected chi connectivity index (χ4v) is 2.21. The van der Waals surface area contributed by atoms with Crippen molar-refractivity contribution in [2.75, 3.05) is 24.4 Å². The normalized spacial score (nSPS) is 11.1. The minimum absolute atomic E-state index is 0.0324. The van der Waals surface area contributed by atoms with Crippen LogP contribution in [0.1, 0.15) is 5.56 Å². The maximum Gasteiger partial charge on any atom is 0.422 e. The fourth-order valence-electron chi connectivity index (χ4n) is 2.21. The third-order valence-electron chi connectivity index (χ3n) is 3.54. The first-order chi connectivity index (χ1) is 14.3. The van der Waals surface area contributed by atoms with Crippen LogP contribution in [0.2, 0.25) is 0 Å². The van der Waals surface area contributed by atoms with Gasteiger partial charge in [-0.1, -0.05) is 12.1 Å². The number of pyridine rings is 1. The van der Waals surface area contributed by atoms with Crippen LogP contribution in [0.4, 0.5) is 35.1 Å². The average molecular weight is 424 g/mol. The Hall–Kier alpha value is -3.70. The molecule has 0 bridgehead atoms. The van der Waals surface area contributed by atoms with Crippen molar-refractivity contribution in [3.63, 3.8) is 0 Å². The van der Waals surface area contributed by atoms with Gasteiger partial charge in [0.15, 0.2) is 6.61 Å². The Labute approximate surface area is 168 Å². The van der Waals surface area contributed by atoms with Crippen molar-refractivity contribution in [2.45, 2.75) is 12.7 Å². The second kappa shape index (κ2) is 9.20. The Kier molecular flexibility index (Phi) is 6.45. The smallest absolute Gasteiger partial charge is 0.422 e. The molecular formula is C18H16F4N6O2. The lowest BCUT2D eigenvalue weighted by atomic mass is 10.2. The fraction of sp³-hybridized carbons (Fsp3) is 0.222. The van der Waals surface area contributed by atoms with Gasteiger partial charge in [-0.3, -0.25) is 0 Å². The third-order valence-corrected chi connectivity index (χ3v) is 3.54. The zero-order chi connectivity index (χ0) is 21.6. The Morgan fingerprint density at radius 1 is 1.00 bits per heavy atom. The maximum absolute atomic E-state index is 13.0. The van der Waals surface area contributed by atoms with E-state index in [4.69, 9.17) is 4.74 Å². The summed E-state index contributed by atoms with van der Waals surface area (Å²) in [5, 5.41) is 5.67. The van der Waals surface area contributed by atoms with Crippen LogP contribution in [0.15, 0.2) is 42.6 Å². The summed E-state index contributed by atoms with van der Waals surface area (Å²) in [6.45, 7) is -1.36. The molecule has 2 heterocycles. The molecule has 8 nitrogen and oxygen atoms in total. The number of anilines is 3. The lowest BCUT2D eigenvalue weighted by Gasteiger charge is -2.12. The summed E-state index contributed by atoms with van der Waals surface area (Å²) in [7, 11) is 1.44.